The van der Waals surface area contributed by atoms with Crippen LogP contribution in [0.15, 0.2) is 4.99 Å². The highest BCUT2D eigenvalue weighted by molar-refractivity contribution is 5.67. The van der Waals surface area contributed by atoms with Crippen molar-refractivity contribution in [3.63, 3.8) is 0 Å². The van der Waals surface area contributed by atoms with E-state index in [4.69, 9.17) is 0 Å². The molecule has 0 unspecified atom stereocenters. The van der Waals surface area contributed by atoms with E-state index >= 15 is 0 Å². The summed E-state index contributed by atoms with van der Waals surface area (Å²) in [4.78, 5) is 4.01. The first-order chi connectivity index (χ1) is 4.68. The minimum absolute atomic E-state index is 0.657. The lowest BCUT2D eigenvalue weighted by Crippen LogP contribution is -2.28. The van der Waals surface area contributed by atoms with Gasteiger partial charge in [0.25, 0.3) is 0 Å². The molecule has 0 aromatic heterocycles. The van der Waals surface area contributed by atoms with E-state index in [-0.39, 0.29) is 0 Å². The van der Waals surface area contributed by atoms with E-state index in [1.807, 2.05) is 20.8 Å². The summed E-state index contributed by atoms with van der Waals surface area (Å²) in [5.74, 6) is 0. The maximum atomic E-state index is 9.61. The van der Waals surface area contributed by atoms with Crippen molar-refractivity contribution in [2.75, 3.05) is 6.54 Å². The van der Waals surface area contributed by atoms with Crippen LogP contribution in [0.25, 0.3) is 0 Å². The monoisotopic (exact) mass is 143 g/mol. The average molecular weight is 143 g/mol. The summed E-state index contributed by atoms with van der Waals surface area (Å²) < 4.78 is 0. The van der Waals surface area contributed by atoms with E-state index in [9.17, 15) is 5.11 Å². The summed E-state index contributed by atoms with van der Waals surface area (Å²) in [6.07, 6.45) is 3.15. The molecule has 2 heteroatoms. The highest BCUT2D eigenvalue weighted by Gasteiger charge is 2.17. The van der Waals surface area contributed by atoms with Crippen molar-refractivity contribution < 1.29 is 5.11 Å². The van der Waals surface area contributed by atoms with Gasteiger partial charge in [-0.15, -0.1) is 0 Å². The molecular weight excluding hydrogens is 126 g/mol. The molecule has 0 aliphatic carbocycles. The van der Waals surface area contributed by atoms with Crippen molar-refractivity contribution in [3.8, 4) is 0 Å². The Bertz CT molecular complexity index is 106. The Balaban J connectivity index is 3.92. The highest BCUT2D eigenvalue weighted by atomic mass is 16.3. The predicted octanol–water partition coefficient (Wildman–Crippen LogP) is 1.63. The van der Waals surface area contributed by atoms with Crippen molar-refractivity contribution >= 4 is 6.21 Å². The summed E-state index contributed by atoms with van der Waals surface area (Å²) in [6, 6.07) is 0. The first-order valence-corrected chi connectivity index (χ1v) is 3.92. The number of rotatable bonds is 4. The lowest BCUT2D eigenvalue weighted by Gasteiger charge is -2.18. The fourth-order valence-corrected chi connectivity index (χ4v) is 0.694. The molecule has 0 bridgehead atoms. The van der Waals surface area contributed by atoms with E-state index in [0.29, 0.717) is 0 Å². The number of aliphatic hydroxyl groups is 1. The van der Waals surface area contributed by atoms with E-state index in [1.165, 1.54) is 0 Å². The summed E-state index contributed by atoms with van der Waals surface area (Å²) in [7, 11) is 0. The smallest absolute Gasteiger partial charge is 0.0987 e. The Morgan fingerprint density at radius 1 is 1.30 bits per heavy atom. The van der Waals surface area contributed by atoms with Gasteiger partial charge in [-0.3, -0.25) is 4.99 Å². The van der Waals surface area contributed by atoms with Crippen molar-refractivity contribution in [2.24, 2.45) is 4.99 Å². The van der Waals surface area contributed by atoms with Crippen LogP contribution in [-0.2, 0) is 0 Å². The van der Waals surface area contributed by atoms with Gasteiger partial charge >= 0.3 is 0 Å². The summed E-state index contributed by atoms with van der Waals surface area (Å²) in [6.45, 7) is 6.64. The molecule has 0 amide bonds. The third kappa shape index (κ3) is 2.97. The topological polar surface area (TPSA) is 32.6 Å². The normalized spacial score (nSPS) is 12.8. The molecule has 0 heterocycles. The highest BCUT2D eigenvalue weighted by Crippen LogP contribution is 2.10. The Morgan fingerprint density at radius 3 is 2.10 bits per heavy atom. The molecule has 10 heavy (non-hydrogen) atoms. The van der Waals surface area contributed by atoms with E-state index in [2.05, 4.69) is 4.99 Å². The predicted molar refractivity (Wildman–Crippen MR) is 44.6 cm³/mol. The number of nitrogens with zero attached hydrogens (tertiary/aromatic N) is 1. The van der Waals surface area contributed by atoms with Gasteiger partial charge in [0.05, 0.1) is 5.60 Å². The maximum Gasteiger partial charge on any atom is 0.0987 e. The standard InChI is InChI=1S/C8H17NO/c1-4-8(10,5-2)7-9-6-3/h7,10H,4-6H2,1-3H3/b9-7+. The first-order valence-electron chi connectivity index (χ1n) is 3.92. The Hall–Kier alpha value is -0.370. The molecule has 0 aromatic rings. The molecule has 0 rings (SSSR count). The molecule has 0 aliphatic heterocycles. The minimum Gasteiger partial charge on any atom is -0.384 e. The van der Waals surface area contributed by atoms with Crippen LogP contribution in [-0.4, -0.2) is 23.5 Å². The number of hydrogen-bond donors (Lipinski definition) is 1. The molecule has 1 N–H and O–H groups in total. The van der Waals surface area contributed by atoms with Gasteiger partial charge in [-0.2, -0.15) is 0 Å². The zero-order valence-electron chi connectivity index (χ0n) is 7.09. The van der Waals surface area contributed by atoms with Crippen molar-refractivity contribution in [1.82, 2.24) is 0 Å². The Labute approximate surface area is 63.0 Å². The van der Waals surface area contributed by atoms with Gasteiger partial charge in [-0.25, -0.2) is 0 Å². The van der Waals surface area contributed by atoms with Gasteiger partial charge in [0, 0.05) is 12.8 Å². The van der Waals surface area contributed by atoms with Crippen LogP contribution in [0, 0.1) is 0 Å². The summed E-state index contributed by atoms with van der Waals surface area (Å²) in [5.41, 5.74) is -0.657. The second-order valence-electron chi connectivity index (χ2n) is 2.44. The molecule has 0 aromatic carbocycles. The number of aliphatic imine (C=N–C) groups is 1. The lowest BCUT2D eigenvalue weighted by atomic mass is 10.00. The molecule has 0 radical (unpaired) electrons. The Morgan fingerprint density at radius 2 is 1.80 bits per heavy atom. The SMILES string of the molecule is CC/N=C/C(O)(CC)CC. The van der Waals surface area contributed by atoms with Gasteiger partial charge < -0.3 is 5.11 Å². The Kier molecular flexibility index (Phi) is 4.28. The van der Waals surface area contributed by atoms with Gasteiger partial charge in [0.15, 0.2) is 0 Å². The average Bonchev–Trinajstić information content (AvgIpc) is 2.00. The van der Waals surface area contributed by atoms with E-state index in [0.717, 1.165) is 19.4 Å². The zero-order chi connectivity index (χ0) is 8.04. The van der Waals surface area contributed by atoms with Crippen LogP contribution in [0.5, 0.6) is 0 Å². The second-order valence-corrected chi connectivity index (χ2v) is 2.44. The summed E-state index contributed by atoms with van der Waals surface area (Å²) >= 11 is 0. The third-order valence-corrected chi connectivity index (χ3v) is 1.74. The zero-order valence-corrected chi connectivity index (χ0v) is 7.09. The largest absolute Gasteiger partial charge is 0.384 e. The van der Waals surface area contributed by atoms with Crippen LogP contribution in [0.4, 0.5) is 0 Å². The quantitative estimate of drug-likeness (QED) is 0.596. The van der Waals surface area contributed by atoms with Gasteiger partial charge in [-0.1, -0.05) is 13.8 Å². The number of hydrogen-bond acceptors (Lipinski definition) is 2. The maximum absolute atomic E-state index is 9.61. The van der Waals surface area contributed by atoms with Crippen LogP contribution >= 0.6 is 0 Å². The fourth-order valence-electron chi connectivity index (χ4n) is 0.694. The van der Waals surface area contributed by atoms with Crippen LogP contribution in [0.1, 0.15) is 33.6 Å². The first kappa shape index (κ1) is 9.63. The van der Waals surface area contributed by atoms with Gasteiger partial charge in [0.1, 0.15) is 0 Å². The fraction of sp³-hybridized carbons (Fsp3) is 0.875. The molecule has 2 nitrogen and oxygen atoms in total. The van der Waals surface area contributed by atoms with Gasteiger partial charge in [0.2, 0.25) is 0 Å². The molecule has 0 saturated carbocycles. The molecule has 0 saturated heterocycles. The second kappa shape index (κ2) is 4.45. The molecular formula is C8H17NO. The molecule has 0 aliphatic rings. The van der Waals surface area contributed by atoms with Crippen LogP contribution < -0.4 is 0 Å². The lowest BCUT2D eigenvalue weighted by molar-refractivity contribution is 0.109. The van der Waals surface area contributed by atoms with Crippen molar-refractivity contribution in [1.29, 1.82) is 0 Å². The molecule has 0 fully saturated rings. The third-order valence-electron chi connectivity index (χ3n) is 1.74. The van der Waals surface area contributed by atoms with E-state index in [1.54, 1.807) is 6.21 Å². The van der Waals surface area contributed by atoms with Crippen LogP contribution in [0.2, 0.25) is 0 Å². The van der Waals surface area contributed by atoms with Crippen molar-refractivity contribution in [3.05, 3.63) is 0 Å². The van der Waals surface area contributed by atoms with Crippen LogP contribution in [0.3, 0.4) is 0 Å². The molecule has 0 spiro atoms. The molecule has 0 atom stereocenters. The van der Waals surface area contributed by atoms with E-state index < -0.39 is 5.60 Å². The van der Waals surface area contributed by atoms with Gasteiger partial charge in [-0.05, 0) is 19.8 Å². The van der Waals surface area contributed by atoms with Crippen molar-refractivity contribution in [2.45, 2.75) is 39.2 Å². The summed E-state index contributed by atoms with van der Waals surface area (Å²) in [5, 5.41) is 9.61. The minimum atomic E-state index is -0.657. The molecule has 60 valence electrons.